The molecule has 2 heterocycles. The molecule has 11 heavy (non-hydrogen) atoms. The number of nitrogens with one attached hydrogen (secondary N) is 1. The number of halogens is 1. The van der Waals surface area contributed by atoms with Crippen LogP contribution < -0.4 is 5.32 Å². The third-order valence-corrected chi connectivity index (χ3v) is 2.29. The minimum atomic E-state index is 0. The topological polar surface area (TPSA) is 21.3 Å². The Hall–Kier alpha value is -0.0500. The Morgan fingerprint density at radius 1 is 1.27 bits per heavy atom. The Balaban J connectivity index is 0.000000605. The van der Waals surface area contributed by atoms with Gasteiger partial charge in [-0.25, -0.2) is 0 Å². The Bertz CT molecular complexity index is 149. The first kappa shape index (κ1) is 9.04. The average Bonchev–Trinajstić information content (AvgIpc) is 2.28. The number of hydrogen-bond donors (Lipinski definition) is 1. The molecule has 0 aromatic rings. The molecule has 0 saturated carbocycles. The Kier molecular flexibility index (Phi) is 3.37. The molecule has 0 amide bonds. The Morgan fingerprint density at radius 3 is 3.09 bits per heavy atom. The van der Waals surface area contributed by atoms with Gasteiger partial charge in [0.25, 0.3) is 0 Å². The van der Waals surface area contributed by atoms with E-state index in [9.17, 15) is 0 Å². The summed E-state index contributed by atoms with van der Waals surface area (Å²) in [4.78, 5) is 0. The summed E-state index contributed by atoms with van der Waals surface area (Å²) in [6.07, 6.45) is 6.03. The van der Waals surface area contributed by atoms with E-state index in [4.69, 9.17) is 4.74 Å². The summed E-state index contributed by atoms with van der Waals surface area (Å²) in [5.41, 5.74) is 0. The molecule has 0 spiro atoms. The van der Waals surface area contributed by atoms with E-state index in [1.165, 1.54) is 6.42 Å². The molecule has 0 aliphatic carbocycles. The van der Waals surface area contributed by atoms with E-state index in [0.29, 0.717) is 6.10 Å². The molecule has 0 unspecified atom stereocenters. The van der Waals surface area contributed by atoms with Crippen LogP contribution in [0.15, 0.2) is 12.2 Å². The van der Waals surface area contributed by atoms with Crippen LogP contribution in [0.4, 0.5) is 0 Å². The number of hydrogen-bond acceptors (Lipinski definition) is 2. The zero-order valence-electron chi connectivity index (χ0n) is 6.45. The fourth-order valence-corrected chi connectivity index (χ4v) is 1.66. The van der Waals surface area contributed by atoms with Crippen LogP contribution in [0.3, 0.4) is 0 Å². The number of fused-ring (bicyclic) bond motifs is 1. The van der Waals surface area contributed by atoms with Crippen LogP contribution in [0.2, 0.25) is 0 Å². The van der Waals surface area contributed by atoms with Crippen molar-refractivity contribution >= 4 is 12.4 Å². The summed E-state index contributed by atoms with van der Waals surface area (Å²) in [7, 11) is 0. The first-order valence-electron chi connectivity index (χ1n) is 3.94. The second-order valence-electron chi connectivity index (χ2n) is 3.00. The smallest absolute Gasteiger partial charge is 0.0746 e. The van der Waals surface area contributed by atoms with Crippen LogP contribution in [0.25, 0.3) is 0 Å². The van der Waals surface area contributed by atoms with Gasteiger partial charge >= 0.3 is 0 Å². The fourth-order valence-electron chi connectivity index (χ4n) is 1.66. The second-order valence-corrected chi connectivity index (χ2v) is 3.00. The van der Waals surface area contributed by atoms with E-state index >= 15 is 0 Å². The van der Waals surface area contributed by atoms with E-state index in [1.807, 2.05) is 0 Å². The van der Waals surface area contributed by atoms with Gasteiger partial charge in [0.2, 0.25) is 0 Å². The SMILES string of the molecule is C1=CC[C@@H]2CNC[C@H]2OC1.Cl. The van der Waals surface area contributed by atoms with Crippen LogP contribution in [0.1, 0.15) is 6.42 Å². The van der Waals surface area contributed by atoms with Crippen molar-refractivity contribution in [1.82, 2.24) is 5.32 Å². The van der Waals surface area contributed by atoms with Crippen molar-refractivity contribution in [3.63, 3.8) is 0 Å². The Labute approximate surface area is 73.4 Å². The van der Waals surface area contributed by atoms with Crippen molar-refractivity contribution in [3.05, 3.63) is 12.2 Å². The highest BCUT2D eigenvalue weighted by Gasteiger charge is 2.27. The zero-order chi connectivity index (χ0) is 6.81. The summed E-state index contributed by atoms with van der Waals surface area (Å²) in [5.74, 6) is 0.735. The molecular weight excluding hydrogens is 162 g/mol. The molecule has 3 heteroatoms. The number of allylic oxidation sites excluding steroid dienone is 1. The lowest BCUT2D eigenvalue weighted by molar-refractivity contribution is 0.0630. The summed E-state index contributed by atoms with van der Waals surface area (Å²) in [6.45, 7) is 2.99. The zero-order valence-corrected chi connectivity index (χ0v) is 7.27. The van der Waals surface area contributed by atoms with E-state index in [-0.39, 0.29) is 12.4 Å². The van der Waals surface area contributed by atoms with Crippen LogP contribution in [0.5, 0.6) is 0 Å². The maximum atomic E-state index is 5.58. The van der Waals surface area contributed by atoms with Gasteiger partial charge in [0.05, 0.1) is 12.7 Å². The summed E-state index contributed by atoms with van der Waals surface area (Å²) < 4.78 is 5.58. The molecule has 1 fully saturated rings. The van der Waals surface area contributed by atoms with E-state index < -0.39 is 0 Å². The molecule has 2 aliphatic rings. The van der Waals surface area contributed by atoms with Crippen molar-refractivity contribution < 1.29 is 4.74 Å². The van der Waals surface area contributed by atoms with Gasteiger partial charge in [-0.1, -0.05) is 12.2 Å². The minimum Gasteiger partial charge on any atom is -0.372 e. The molecule has 1 N–H and O–H groups in total. The largest absolute Gasteiger partial charge is 0.372 e. The highest BCUT2D eigenvalue weighted by Crippen LogP contribution is 2.19. The van der Waals surface area contributed by atoms with Gasteiger partial charge in [0.1, 0.15) is 0 Å². The van der Waals surface area contributed by atoms with Crippen LogP contribution >= 0.6 is 12.4 Å². The van der Waals surface area contributed by atoms with Crippen molar-refractivity contribution in [2.24, 2.45) is 5.92 Å². The quantitative estimate of drug-likeness (QED) is 0.554. The van der Waals surface area contributed by atoms with Gasteiger partial charge < -0.3 is 10.1 Å². The lowest BCUT2D eigenvalue weighted by Crippen LogP contribution is -2.20. The van der Waals surface area contributed by atoms with Crippen molar-refractivity contribution in [1.29, 1.82) is 0 Å². The molecule has 0 aromatic carbocycles. The van der Waals surface area contributed by atoms with Crippen LogP contribution in [-0.2, 0) is 4.74 Å². The maximum absolute atomic E-state index is 5.58. The predicted octanol–water partition coefficient (Wildman–Crippen LogP) is 0.973. The number of ether oxygens (including phenoxy) is 1. The first-order valence-corrected chi connectivity index (χ1v) is 3.94. The first-order chi connectivity index (χ1) is 4.97. The summed E-state index contributed by atoms with van der Waals surface area (Å²) in [6, 6.07) is 0. The molecule has 2 atom stereocenters. The molecule has 64 valence electrons. The third kappa shape index (κ3) is 1.95. The molecule has 0 aromatic heterocycles. The molecule has 2 aliphatic heterocycles. The second kappa shape index (κ2) is 4.10. The fraction of sp³-hybridized carbons (Fsp3) is 0.750. The standard InChI is InChI=1S/C8H13NO.ClH/c1-2-4-10-8-6-9-5-7(8)3-1;/h1-2,7-9H,3-6H2;1H/t7-,8-;/m1./s1. The van der Waals surface area contributed by atoms with Gasteiger partial charge in [0, 0.05) is 19.0 Å². The molecule has 2 nitrogen and oxygen atoms in total. The van der Waals surface area contributed by atoms with Gasteiger partial charge in [-0.15, -0.1) is 12.4 Å². The minimum absolute atomic E-state index is 0. The molecular formula is C8H14ClNO. The third-order valence-electron chi connectivity index (χ3n) is 2.29. The van der Waals surface area contributed by atoms with Gasteiger partial charge in [-0.3, -0.25) is 0 Å². The molecule has 1 saturated heterocycles. The molecule has 2 rings (SSSR count). The predicted molar refractivity (Wildman–Crippen MR) is 47.1 cm³/mol. The monoisotopic (exact) mass is 175 g/mol. The highest BCUT2D eigenvalue weighted by molar-refractivity contribution is 5.85. The van der Waals surface area contributed by atoms with Crippen LogP contribution in [0, 0.1) is 5.92 Å². The van der Waals surface area contributed by atoms with Gasteiger partial charge in [0.15, 0.2) is 0 Å². The normalized spacial score (nSPS) is 35.6. The molecule has 0 radical (unpaired) electrons. The maximum Gasteiger partial charge on any atom is 0.0746 e. The van der Waals surface area contributed by atoms with E-state index in [1.54, 1.807) is 0 Å². The average molecular weight is 176 g/mol. The van der Waals surface area contributed by atoms with E-state index in [0.717, 1.165) is 25.6 Å². The van der Waals surface area contributed by atoms with Crippen LogP contribution in [-0.4, -0.2) is 25.8 Å². The number of rotatable bonds is 0. The molecule has 0 bridgehead atoms. The lowest BCUT2D eigenvalue weighted by atomic mass is 10.0. The Morgan fingerprint density at radius 2 is 2.18 bits per heavy atom. The van der Waals surface area contributed by atoms with E-state index in [2.05, 4.69) is 17.5 Å². The summed E-state index contributed by atoms with van der Waals surface area (Å²) in [5, 5.41) is 3.33. The van der Waals surface area contributed by atoms with Gasteiger partial charge in [-0.2, -0.15) is 0 Å². The van der Waals surface area contributed by atoms with Gasteiger partial charge in [-0.05, 0) is 6.42 Å². The van der Waals surface area contributed by atoms with Crippen molar-refractivity contribution in [2.75, 3.05) is 19.7 Å². The summed E-state index contributed by atoms with van der Waals surface area (Å²) >= 11 is 0. The lowest BCUT2D eigenvalue weighted by Gasteiger charge is -2.13. The van der Waals surface area contributed by atoms with Crippen molar-refractivity contribution in [3.8, 4) is 0 Å². The highest BCUT2D eigenvalue weighted by atomic mass is 35.5. The van der Waals surface area contributed by atoms with Crippen molar-refractivity contribution in [2.45, 2.75) is 12.5 Å².